The maximum Gasteiger partial charge on any atom is 0.325 e. The number of rotatable bonds is 7. The molecule has 1 saturated heterocycles. The molecule has 1 heterocycles. The second kappa shape index (κ2) is 8.52. The summed E-state index contributed by atoms with van der Waals surface area (Å²) >= 11 is 0. The van der Waals surface area contributed by atoms with Crippen LogP contribution in [0.3, 0.4) is 0 Å². The molecule has 10 heteroatoms. The molecule has 0 radical (unpaired) electrons. The Hall–Kier alpha value is -2.07. The Morgan fingerprint density at radius 3 is 2.39 bits per heavy atom. The molecule has 1 aromatic rings. The first kappa shape index (κ1) is 20.7. The summed E-state index contributed by atoms with van der Waals surface area (Å²) in [5.41, 5.74) is 0. The molecule has 0 spiro atoms. The molecule has 7 nitrogen and oxygen atoms in total. The molecular weight excluding hydrogens is 394 g/mol. The van der Waals surface area contributed by atoms with E-state index in [1.165, 1.54) is 0 Å². The van der Waals surface area contributed by atoms with Gasteiger partial charge in [-0.05, 0) is 49.8 Å². The highest BCUT2D eigenvalue weighted by molar-refractivity contribution is 7.89. The number of hydrogen-bond acceptors (Lipinski definition) is 5. The summed E-state index contributed by atoms with van der Waals surface area (Å²) in [5, 5.41) is 2.52. The fourth-order valence-electron chi connectivity index (χ4n) is 2.99. The van der Waals surface area contributed by atoms with Gasteiger partial charge in [0.2, 0.25) is 15.9 Å². The van der Waals surface area contributed by atoms with Crippen LogP contribution in [0.25, 0.3) is 0 Å². The predicted octanol–water partition coefficient (Wildman–Crippen LogP) is 1.43. The van der Waals surface area contributed by atoms with Gasteiger partial charge in [-0.25, -0.2) is 17.2 Å². The zero-order chi connectivity index (χ0) is 20.3. The van der Waals surface area contributed by atoms with Crippen molar-refractivity contribution < 1.29 is 31.5 Å². The van der Waals surface area contributed by atoms with E-state index in [2.05, 4.69) is 5.32 Å². The average molecular weight is 416 g/mol. The fraction of sp³-hybridized carbons (Fsp3) is 0.556. The molecule has 1 N–H and O–H groups in total. The third-order valence-electron chi connectivity index (χ3n) is 4.94. The second-order valence-electron chi connectivity index (χ2n) is 7.10. The number of sulfonamides is 1. The zero-order valence-electron chi connectivity index (χ0n) is 15.2. The normalized spacial score (nSPS) is 18.6. The lowest BCUT2D eigenvalue weighted by molar-refractivity contribution is -0.144. The Morgan fingerprint density at radius 1 is 1.11 bits per heavy atom. The minimum Gasteiger partial charge on any atom is -0.464 e. The molecule has 1 saturated carbocycles. The lowest BCUT2D eigenvalue weighted by Crippen LogP contribution is -2.44. The highest BCUT2D eigenvalue weighted by atomic mass is 32.2. The van der Waals surface area contributed by atoms with Crippen molar-refractivity contribution in [2.45, 2.75) is 30.6 Å². The lowest BCUT2D eigenvalue weighted by Gasteiger charge is -2.30. The van der Waals surface area contributed by atoms with E-state index in [0.717, 1.165) is 29.3 Å². The fourth-order valence-corrected chi connectivity index (χ4v) is 4.48. The second-order valence-corrected chi connectivity index (χ2v) is 9.04. The number of piperidine rings is 1. The van der Waals surface area contributed by atoms with Crippen molar-refractivity contribution >= 4 is 21.9 Å². The first-order valence-electron chi connectivity index (χ1n) is 9.16. The summed E-state index contributed by atoms with van der Waals surface area (Å²) in [5.74, 6) is -3.14. The highest BCUT2D eigenvalue weighted by Crippen LogP contribution is 2.28. The number of halogens is 2. The Balaban J connectivity index is 1.48. The van der Waals surface area contributed by atoms with Crippen LogP contribution in [0, 0.1) is 23.5 Å². The van der Waals surface area contributed by atoms with E-state index in [1.807, 2.05) is 0 Å². The van der Waals surface area contributed by atoms with Crippen LogP contribution in [0.1, 0.15) is 25.7 Å². The SMILES string of the molecule is O=C(CNC(=O)C1CCN(S(=O)(=O)c2ccc(F)c(F)c2)CC1)OCC1CC1. The topological polar surface area (TPSA) is 92.8 Å². The highest BCUT2D eigenvalue weighted by Gasteiger charge is 2.32. The van der Waals surface area contributed by atoms with Crippen molar-refractivity contribution in [1.82, 2.24) is 9.62 Å². The van der Waals surface area contributed by atoms with E-state index in [-0.39, 0.29) is 43.3 Å². The van der Waals surface area contributed by atoms with Gasteiger partial charge < -0.3 is 10.1 Å². The van der Waals surface area contributed by atoms with Gasteiger partial charge in [-0.3, -0.25) is 9.59 Å². The molecule has 0 atom stereocenters. The lowest BCUT2D eigenvalue weighted by atomic mass is 9.97. The number of carbonyl (C=O) groups excluding carboxylic acids is 2. The van der Waals surface area contributed by atoms with Gasteiger partial charge in [0.25, 0.3) is 0 Å². The first-order chi connectivity index (χ1) is 13.3. The smallest absolute Gasteiger partial charge is 0.325 e. The molecule has 3 rings (SSSR count). The van der Waals surface area contributed by atoms with Gasteiger partial charge in [-0.1, -0.05) is 0 Å². The number of benzene rings is 1. The number of esters is 1. The number of nitrogens with zero attached hydrogens (tertiary/aromatic N) is 1. The van der Waals surface area contributed by atoms with Crippen molar-refractivity contribution in [3.63, 3.8) is 0 Å². The van der Waals surface area contributed by atoms with Gasteiger partial charge in [-0.15, -0.1) is 0 Å². The molecule has 0 aromatic heterocycles. The van der Waals surface area contributed by atoms with Crippen molar-refractivity contribution in [1.29, 1.82) is 0 Å². The Kier molecular flexibility index (Phi) is 6.29. The minimum atomic E-state index is -3.96. The van der Waals surface area contributed by atoms with Gasteiger partial charge in [-0.2, -0.15) is 4.31 Å². The first-order valence-corrected chi connectivity index (χ1v) is 10.6. The zero-order valence-corrected chi connectivity index (χ0v) is 16.0. The summed E-state index contributed by atoms with van der Waals surface area (Å²) in [6, 6.07) is 2.43. The Morgan fingerprint density at radius 2 is 1.79 bits per heavy atom. The van der Waals surface area contributed by atoms with Crippen molar-refractivity contribution in [2.75, 3.05) is 26.2 Å². The number of hydrogen-bond donors (Lipinski definition) is 1. The maximum atomic E-state index is 13.3. The van der Waals surface area contributed by atoms with E-state index < -0.39 is 33.5 Å². The van der Waals surface area contributed by atoms with Crippen LogP contribution in [0.15, 0.2) is 23.1 Å². The molecule has 154 valence electrons. The standard InChI is InChI=1S/C18H22F2N2O5S/c19-15-4-3-14(9-16(15)20)28(25,26)22-7-5-13(6-8-22)18(24)21-10-17(23)27-11-12-1-2-12/h3-4,9,12-13H,1-2,5-8,10-11H2,(H,21,24). The van der Waals surface area contributed by atoms with Crippen molar-refractivity contribution in [3.05, 3.63) is 29.8 Å². The van der Waals surface area contributed by atoms with Gasteiger partial charge >= 0.3 is 5.97 Å². The summed E-state index contributed by atoms with van der Waals surface area (Å²) in [7, 11) is -3.96. The molecule has 1 aliphatic carbocycles. The van der Waals surface area contributed by atoms with Crippen molar-refractivity contribution in [2.24, 2.45) is 11.8 Å². The van der Waals surface area contributed by atoms with E-state index in [0.29, 0.717) is 18.6 Å². The van der Waals surface area contributed by atoms with E-state index in [9.17, 15) is 26.8 Å². The average Bonchev–Trinajstić information content (AvgIpc) is 3.51. The van der Waals surface area contributed by atoms with Crippen LogP contribution in [-0.4, -0.2) is 50.8 Å². The number of amides is 1. The molecule has 2 fully saturated rings. The van der Waals surface area contributed by atoms with Crippen molar-refractivity contribution in [3.8, 4) is 0 Å². The van der Waals surface area contributed by atoms with Crippen LogP contribution >= 0.6 is 0 Å². The van der Waals surface area contributed by atoms with E-state index in [4.69, 9.17) is 4.74 Å². The monoisotopic (exact) mass is 416 g/mol. The number of nitrogens with one attached hydrogen (secondary N) is 1. The molecule has 28 heavy (non-hydrogen) atoms. The molecule has 0 unspecified atom stereocenters. The van der Waals surface area contributed by atoms with Crippen LogP contribution in [0.5, 0.6) is 0 Å². The summed E-state index contributed by atoms with van der Waals surface area (Å²) in [6.07, 6.45) is 2.66. The van der Waals surface area contributed by atoms with E-state index >= 15 is 0 Å². The number of carbonyl (C=O) groups is 2. The molecule has 1 aromatic carbocycles. The third kappa shape index (κ3) is 5.05. The summed E-state index contributed by atoms with van der Waals surface area (Å²) in [4.78, 5) is 23.4. The predicted molar refractivity (Wildman–Crippen MR) is 94.5 cm³/mol. The summed E-state index contributed by atoms with van der Waals surface area (Å²) in [6.45, 7) is 0.324. The van der Waals surface area contributed by atoms with Crippen LogP contribution in [-0.2, 0) is 24.3 Å². The van der Waals surface area contributed by atoms with Gasteiger partial charge in [0, 0.05) is 19.0 Å². The maximum absolute atomic E-state index is 13.3. The number of ether oxygens (including phenoxy) is 1. The van der Waals surface area contributed by atoms with Crippen LogP contribution in [0.2, 0.25) is 0 Å². The third-order valence-corrected chi connectivity index (χ3v) is 6.83. The van der Waals surface area contributed by atoms with Crippen LogP contribution < -0.4 is 5.32 Å². The molecule has 2 aliphatic rings. The molecule has 1 aliphatic heterocycles. The molecular formula is C18H22F2N2O5S. The largest absolute Gasteiger partial charge is 0.464 e. The summed E-state index contributed by atoms with van der Waals surface area (Å²) < 4.78 is 57.7. The minimum absolute atomic E-state index is 0.0749. The van der Waals surface area contributed by atoms with Gasteiger partial charge in [0.05, 0.1) is 11.5 Å². The van der Waals surface area contributed by atoms with Gasteiger partial charge in [0.1, 0.15) is 6.54 Å². The Bertz CT molecular complexity index is 850. The molecule has 0 bridgehead atoms. The molecule has 1 amide bonds. The van der Waals surface area contributed by atoms with E-state index in [1.54, 1.807) is 0 Å². The van der Waals surface area contributed by atoms with Gasteiger partial charge in [0.15, 0.2) is 11.6 Å². The Labute approximate surface area is 162 Å². The quantitative estimate of drug-likeness (QED) is 0.679. The van der Waals surface area contributed by atoms with Crippen LogP contribution in [0.4, 0.5) is 8.78 Å².